The molecule has 2 heterocycles. The minimum Gasteiger partial charge on any atom is -0.381 e. The summed E-state index contributed by atoms with van der Waals surface area (Å²) in [6.07, 6.45) is 3.31. The molecule has 1 aliphatic rings. The van der Waals surface area contributed by atoms with Crippen LogP contribution in [0.15, 0.2) is 36.5 Å². The number of carbonyl (C=O) groups is 1. The van der Waals surface area contributed by atoms with Crippen molar-refractivity contribution in [1.29, 1.82) is 0 Å². The fourth-order valence-corrected chi connectivity index (χ4v) is 3.22. The van der Waals surface area contributed by atoms with Crippen molar-refractivity contribution in [3.8, 4) is 0 Å². The maximum absolute atomic E-state index is 12.3. The second-order valence-electron chi connectivity index (χ2n) is 7.13. The molecule has 0 saturated carbocycles. The van der Waals surface area contributed by atoms with E-state index in [0.29, 0.717) is 24.9 Å². The molecule has 1 aromatic heterocycles. The lowest BCUT2D eigenvalue weighted by Crippen LogP contribution is -2.28. The fourth-order valence-electron chi connectivity index (χ4n) is 3.22. The van der Waals surface area contributed by atoms with Crippen LogP contribution in [0.5, 0.6) is 0 Å². The van der Waals surface area contributed by atoms with Crippen molar-refractivity contribution in [1.82, 2.24) is 4.98 Å². The van der Waals surface area contributed by atoms with Crippen LogP contribution in [0.4, 0.5) is 17.2 Å². The zero-order valence-electron chi connectivity index (χ0n) is 15.7. The van der Waals surface area contributed by atoms with E-state index in [1.54, 1.807) is 6.20 Å². The van der Waals surface area contributed by atoms with Gasteiger partial charge in [0.2, 0.25) is 5.91 Å². The zero-order valence-corrected chi connectivity index (χ0v) is 15.7. The molecule has 2 aromatic rings. The fraction of sp³-hybridized carbons (Fsp3) is 0.429. The van der Waals surface area contributed by atoms with Crippen molar-refractivity contribution in [3.05, 3.63) is 47.7 Å². The second kappa shape index (κ2) is 8.32. The summed E-state index contributed by atoms with van der Waals surface area (Å²) in [6.45, 7) is 7.79. The van der Waals surface area contributed by atoms with Crippen molar-refractivity contribution in [3.63, 3.8) is 0 Å². The van der Waals surface area contributed by atoms with Crippen LogP contribution in [-0.2, 0) is 9.53 Å². The number of pyridine rings is 1. The van der Waals surface area contributed by atoms with E-state index in [0.717, 1.165) is 24.2 Å². The Morgan fingerprint density at radius 2 is 1.96 bits per heavy atom. The van der Waals surface area contributed by atoms with Crippen LogP contribution in [0.25, 0.3) is 0 Å². The molecule has 0 bridgehead atoms. The number of nitrogens with one attached hydrogen (secondary N) is 2. The zero-order chi connectivity index (χ0) is 18.5. The molecule has 2 N–H and O–H groups in total. The van der Waals surface area contributed by atoms with Gasteiger partial charge in [-0.1, -0.05) is 32.0 Å². The van der Waals surface area contributed by atoms with Gasteiger partial charge in [-0.3, -0.25) is 4.79 Å². The van der Waals surface area contributed by atoms with Gasteiger partial charge in [0.05, 0.1) is 11.9 Å². The number of hydrogen-bond acceptors (Lipinski definition) is 4. The Morgan fingerprint density at radius 3 is 2.62 bits per heavy atom. The van der Waals surface area contributed by atoms with Crippen LogP contribution in [-0.4, -0.2) is 24.1 Å². The average molecular weight is 353 g/mol. The average Bonchev–Trinajstić information content (AvgIpc) is 2.65. The van der Waals surface area contributed by atoms with Crippen LogP contribution in [0.3, 0.4) is 0 Å². The quantitative estimate of drug-likeness (QED) is 0.823. The molecule has 0 radical (unpaired) electrons. The number of aryl methyl sites for hydroxylation is 1. The lowest BCUT2D eigenvalue weighted by molar-refractivity contribution is -0.122. The van der Waals surface area contributed by atoms with Crippen LogP contribution in [0, 0.1) is 12.8 Å². The maximum Gasteiger partial charge on any atom is 0.228 e. The SMILES string of the molecule is Cc1cccc(C(C)C)c1Nc1ccc(NC(=O)C2CCOCC2)nc1. The Kier molecular flexibility index (Phi) is 5.89. The van der Waals surface area contributed by atoms with Gasteiger partial charge in [-0.2, -0.15) is 0 Å². The van der Waals surface area contributed by atoms with Gasteiger partial charge in [-0.05, 0) is 48.9 Å². The van der Waals surface area contributed by atoms with E-state index in [1.165, 1.54) is 11.1 Å². The van der Waals surface area contributed by atoms with Gasteiger partial charge < -0.3 is 15.4 Å². The minimum atomic E-state index is 0.0175. The molecule has 1 fully saturated rings. The Morgan fingerprint density at radius 1 is 1.19 bits per heavy atom. The summed E-state index contributed by atoms with van der Waals surface area (Å²) in [5.74, 6) is 1.07. The number of para-hydroxylation sites is 1. The molecule has 1 saturated heterocycles. The highest BCUT2D eigenvalue weighted by Gasteiger charge is 2.21. The largest absolute Gasteiger partial charge is 0.381 e. The highest BCUT2D eigenvalue weighted by Crippen LogP contribution is 2.30. The summed E-state index contributed by atoms with van der Waals surface area (Å²) >= 11 is 0. The third-order valence-corrected chi connectivity index (χ3v) is 4.80. The number of amides is 1. The molecule has 5 nitrogen and oxygen atoms in total. The van der Waals surface area contributed by atoms with E-state index in [-0.39, 0.29) is 11.8 Å². The first kappa shape index (κ1) is 18.4. The maximum atomic E-state index is 12.3. The van der Waals surface area contributed by atoms with E-state index in [2.05, 4.69) is 54.6 Å². The number of rotatable bonds is 5. The van der Waals surface area contributed by atoms with Crippen molar-refractivity contribution in [2.45, 2.75) is 39.5 Å². The molecule has 1 aromatic carbocycles. The Balaban J connectivity index is 1.68. The molecule has 3 rings (SSSR count). The van der Waals surface area contributed by atoms with Gasteiger partial charge in [0.25, 0.3) is 0 Å². The second-order valence-corrected chi connectivity index (χ2v) is 7.13. The van der Waals surface area contributed by atoms with Crippen molar-refractivity contribution in [2.24, 2.45) is 5.92 Å². The van der Waals surface area contributed by atoms with Crippen molar-refractivity contribution < 1.29 is 9.53 Å². The highest BCUT2D eigenvalue weighted by atomic mass is 16.5. The Bertz CT molecular complexity index is 750. The smallest absolute Gasteiger partial charge is 0.228 e. The third kappa shape index (κ3) is 4.41. The number of anilines is 3. The first-order valence-electron chi connectivity index (χ1n) is 9.26. The Hall–Kier alpha value is -2.40. The normalized spacial score (nSPS) is 15.1. The van der Waals surface area contributed by atoms with Crippen LogP contribution < -0.4 is 10.6 Å². The summed E-state index contributed by atoms with van der Waals surface area (Å²) in [5, 5.41) is 6.38. The molecule has 0 atom stereocenters. The molecule has 1 amide bonds. The molecule has 5 heteroatoms. The van der Waals surface area contributed by atoms with E-state index in [4.69, 9.17) is 4.74 Å². The van der Waals surface area contributed by atoms with E-state index >= 15 is 0 Å². The lowest BCUT2D eigenvalue weighted by atomic mass is 9.98. The minimum absolute atomic E-state index is 0.0175. The number of nitrogens with zero attached hydrogens (tertiary/aromatic N) is 1. The lowest BCUT2D eigenvalue weighted by Gasteiger charge is -2.21. The molecule has 0 spiro atoms. The predicted molar refractivity (Wildman–Crippen MR) is 105 cm³/mol. The predicted octanol–water partition coefficient (Wildman–Crippen LogP) is 4.62. The van der Waals surface area contributed by atoms with Crippen LogP contribution in [0.2, 0.25) is 0 Å². The van der Waals surface area contributed by atoms with Gasteiger partial charge in [-0.25, -0.2) is 4.98 Å². The molecular weight excluding hydrogens is 326 g/mol. The first-order valence-corrected chi connectivity index (χ1v) is 9.26. The standard InChI is InChI=1S/C21H27N3O2/c1-14(2)18-6-4-5-15(3)20(18)23-17-7-8-19(22-13-17)24-21(25)16-9-11-26-12-10-16/h4-8,13-14,16,23H,9-12H2,1-3H3,(H,22,24,25). The first-order chi connectivity index (χ1) is 12.5. The summed E-state index contributed by atoms with van der Waals surface area (Å²) in [6, 6.07) is 10.1. The molecule has 138 valence electrons. The Labute approximate surface area is 155 Å². The van der Waals surface area contributed by atoms with Gasteiger partial charge in [0.1, 0.15) is 5.82 Å². The third-order valence-electron chi connectivity index (χ3n) is 4.80. The van der Waals surface area contributed by atoms with E-state index < -0.39 is 0 Å². The van der Waals surface area contributed by atoms with Crippen molar-refractivity contribution in [2.75, 3.05) is 23.8 Å². The highest BCUT2D eigenvalue weighted by molar-refractivity contribution is 5.91. The molecule has 1 aliphatic heterocycles. The van der Waals surface area contributed by atoms with E-state index in [9.17, 15) is 4.79 Å². The molecule has 26 heavy (non-hydrogen) atoms. The van der Waals surface area contributed by atoms with Crippen molar-refractivity contribution >= 4 is 23.1 Å². The van der Waals surface area contributed by atoms with E-state index in [1.807, 2.05) is 12.1 Å². The topological polar surface area (TPSA) is 63.2 Å². The number of carbonyl (C=O) groups excluding carboxylic acids is 1. The summed E-state index contributed by atoms with van der Waals surface area (Å²) in [4.78, 5) is 16.7. The number of ether oxygens (including phenoxy) is 1. The summed E-state index contributed by atoms with van der Waals surface area (Å²) in [5.41, 5.74) is 4.52. The molecule has 0 aliphatic carbocycles. The number of benzene rings is 1. The van der Waals surface area contributed by atoms with Crippen LogP contribution in [0.1, 0.15) is 43.7 Å². The van der Waals surface area contributed by atoms with Gasteiger partial charge in [0.15, 0.2) is 0 Å². The van der Waals surface area contributed by atoms with Gasteiger partial charge in [-0.15, -0.1) is 0 Å². The number of aromatic nitrogens is 1. The van der Waals surface area contributed by atoms with Gasteiger partial charge >= 0.3 is 0 Å². The molecular formula is C21H27N3O2. The summed E-state index contributed by atoms with van der Waals surface area (Å²) < 4.78 is 5.30. The molecule has 0 unspecified atom stereocenters. The summed E-state index contributed by atoms with van der Waals surface area (Å²) in [7, 11) is 0. The monoisotopic (exact) mass is 353 g/mol. The van der Waals surface area contributed by atoms with Gasteiger partial charge in [0, 0.05) is 24.8 Å². The van der Waals surface area contributed by atoms with Crippen LogP contribution >= 0.6 is 0 Å². The number of hydrogen-bond donors (Lipinski definition) is 2.